The number of carbonyl (C=O) groups is 1. The predicted molar refractivity (Wildman–Crippen MR) is 32.0 cm³/mol. The van der Waals surface area contributed by atoms with Crippen molar-refractivity contribution in [2.45, 2.75) is 0 Å². The fraction of sp³-hybridized carbons (Fsp3) is 0. The summed E-state index contributed by atoms with van der Waals surface area (Å²) in [7, 11) is 0. The first-order valence-corrected chi connectivity index (χ1v) is 5.60. The number of hydrogen-bond acceptors (Lipinski definition) is 2. The molecule has 0 heterocycles. The molecule has 0 fully saturated rings. The summed E-state index contributed by atoms with van der Waals surface area (Å²) in [6.07, 6.45) is 0. The van der Waals surface area contributed by atoms with E-state index in [4.69, 9.17) is 0 Å². The monoisotopic (exact) mass is 429 g/mol. The van der Waals surface area contributed by atoms with Crippen LogP contribution < -0.4 is 0 Å². The molecular weight excluding hydrogens is 428 g/mol. The average molecular weight is 429 g/mol. The third-order valence-electron chi connectivity index (χ3n) is 0.422. The summed E-state index contributed by atoms with van der Waals surface area (Å²) in [5.41, 5.74) is 0. The molecule has 0 aliphatic carbocycles. The van der Waals surface area contributed by atoms with Crippen molar-refractivity contribution < 1.29 is 34.0 Å². The van der Waals surface area contributed by atoms with Crippen LogP contribution in [-0.2, 0) is 34.0 Å². The zero-order valence-corrected chi connectivity index (χ0v) is 12.5. The summed E-state index contributed by atoms with van der Waals surface area (Å²) in [6.45, 7) is 0. The van der Waals surface area contributed by atoms with E-state index >= 15 is 0 Å². The summed E-state index contributed by atoms with van der Waals surface area (Å²) < 4.78 is 4.94. The predicted octanol–water partition coefficient (Wildman–Crippen LogP) is 1.62. The second-order valence-electron chi connectivity index (χ2n) is 0.889. The molecule has 0 amide bonds. The minimum absolute atomic E-state index is 0.0798. The van der Waals surface area contributed by atoms with Gasteiger partial charge in [-0.25, -0.2) is 0 Å². The number of rotatable bonds is 1. The van der Waals surface area contributed by atoms with Gasteiger partial charge in [-0.1, -0.05) is 0 Å². The molecular formula is C3HBr2HgO2. The standard InChI is InChI=1S/C3H2Br2O2.Hg/c4-1-2(5)3(6)7;/h1H,(H,6,7);/q;+1/p-1. The van der Waals surface area contributed by atoms with Crippen LogP contribution in [0.3, 0.4) is 0 Å². The molecule has 0 aromatic heterocycles. The number of halogens is 2. The molecule has 0 bridgehead atoms. The van der Waals surface area contributed by atoms with E-state index in [2.05, 4.69) is 34.5 Å². The molecule has 0 aromatic rings. The van der Waals surface area contributed by atoms with Crippen molar-refractivity contribution in [3.8, 4) is 0 Å². The van der Waals surface area contributed by atoms with E-state index in [9.17, 15) is 4.79 Å². The van der Waals surface area contributed by atoms with Gasteiger partial charge in [0.05, 0.1) is 0 Å². The first kappa shape index (κ1) is 9.11. The topological polar surface area (TPSA) is 26.3 Å². The van der Waals surface area contributed by atoms with E-state index < -0.39 is 0 Å². The van der Waals surface area contributed by atoms with Crippen LogP contribution in [0.4, 0.5) is 0 Å². The summed E-state index contributed by atoms with van der Waals surface area (Å²) in [6, 6.07) is 0. The molecule has 0 N–H and O–H groups in total. The van der Waals surface area contributed by atoms with Gasteiger partial charge >= 0.3 is 81.3 Å². The maximum atomic E-state index is 10.4. The minimum atomic E-state index is -0.301. The zero-order valence-electron chi connectivity index (χ0n) is 3.86. The van der Waals surface area contributed by atoms with E-state index in [0.717, 1.165) is 0 Å². The van der Waals surface area contributed by atoms with E-state index in [1.54, 1.807) is 0 Å². The van der Waals surface area contributed by atoms with E-state index in [1.807, 2.05) is 0 Å². The Kier molecular flexibility index (Phi) is 5.62. The fourth-order valence-corrected chi connectivity index (χ4v) is 1.84. The normalized spacial score (nSPS) is 11.2. The molecule has 0 aliphatic heterocycles. The summed E-state index contributed by atoms with van der Waals surface area (Å²) in [4.78, 5) is 11.9. The summed E-state index contributed by atoms with van der Waals surface area (Å²) >= 11 is 6.02. The molecule has 0 unspecified atom stereocenters. The van der Waals surface area contributed by atoms with Crippen molar-refractivity contribution in [2.24, 2.45) is 0 Å². The Hall–Kier alpha value is 1.11. The molecule has 0 atom stereocenters. The Balaban J connectivity index is 3.83. The molecule has 0 radical (unpaired) electrons. The molecule has 41 valence electrons. The molecule has 0 spiro atoms. The third-order valence-corrected chi connectivity index (χ3v) is 3.07. The van der Waals surface area contributed by atoms with Crippen LogP contribution in [0.25, 0.3) is 0 Å². The van der Waals surface area contributed by atoms with Crippen LogP contribution in [0, 0.1) is 0 Å². The fourth-order valence-electron chi connectivity index (χ4n) is 0.113. The van der Waals surface area contributed by atoms with Gasteiger partial charge in [-0.3, -0.25) is 0 Å². The Bertz CT molecular complexity index is 122. The van der Waals surface area contributed by atoms with Crippen LogP contribution in [0.15, 0.2) is 9.47 Å². The van der Waals surface area contributed by atoms with Crippen molar-refractivity contribution in [1.82, 2.24) is 0 Å². The van der Waals surface area contributed by atoms with E-state index in [0.29, 0.717) is 4.48 Å². The van der Waals surface area contributed by atoms with Crippen LogP contribution in [-0.4, -0.2) is 5.97 Å². The molecule has 8 heavy (non-hydrogen) atoms. The summed E-state index contributed by atoms with van der Waals surface area (Å²) in [5, 5.41) is 0. The van der Waals surface area contributed by atoms with Crippen molar-refractivity contribution in [3.63, 3.8) is 0 Å². The van der Waals surface area contributed by atoms with E-state index in [1.165, 1.54) is 4.99 Å². The SMILES string of the molecule is O=C([O][Hg])C(Br)=CBr. The van der Waals surface area contributed by atoms with Gasteiger partial charge in [0.25, 0.3) is 0 Å². The van der Waals surface area contributed by atoms with Crippen molar-refractivity contribution >= 4 is 37.8 Å². The maximum absolute atomic E-state index is 10.4. The first-order chi connectivity index (χ1) is 3.72. The van der Waals surface area contributed by atoms with Gasteiger partial charge < -0.3 is 0 Å². The second kappa shape index (κ2) is 4.94. The quantitative estimate of drug-likeness (QED) is 0.468. The van der Waals surface area contributed by atoms with Gasteiger partial charge in [-0.2, -0.15) is 0 Å². The Morgan fingerprint density at radius 1 is 1.75 bits per heavy atom. The van der Waals surface area contributed by atoms with Crippen molar-refractivity contribution in [1.29, 1.82) is 0 Å². The number of hydrogen-bond donors (Lipinski definition) is 0. The van der Waals surface area contributed by atoms with Gasteiger partial charge in [0, 0.05) is 0 Å². The first-order valence-electron chi connectivity index (χ1n) is 1.64. The van der Waals surface area contributed by atoms with Crippen LogP contribution in [0.2, 0.25) is 0 Å². The van der Waals surface area contributed by atoms with Gasteiger partial charge in [0.15, 0.2) is 0 Å². The second-order valence-corrected chi connectivity index (χ2v) is 3.32. The molecule has 5 heteroatoms. The van der Waals surface area contributed by atoms with Crippen LogP contribution in [0.5, 0.6) is 0 Å². The molecule has 0 saturated heterocycles. The molecule has 0 saturated carbocycles. The van der Waals surface area contributed by atoms with E-state index in [-0.39, 0.29) is 32.5 Å². The Labute approximate surface area is 80.5 Å². The average Bonchev–Trinajstić information content (AvgIpc) is 1.84. The Morgan fingerprint density at radius 2 is 2.25 bits per heavy atom. The third kappa shape index (κ3) is 3.19. The zero-order chi connectivity index (χ0) is 6.57. The molecule has 2 nitrogen and oxygen atoms in total. The van der Waals surface area contributed by atoms with Crippen molar-refractivity contribution in [2.75, 3.05) is 0 Å². The van der Waals surface area contributed by atoms with Crippen LogP contribution >= 0.6 is 31.9 Å². The molecule has 0 aliphatic rings. The molecule has 0 rings (SSSR count). The van der Waals surface area contributed by atoms with Gasteiger partial charge in [0.2, 0.25) is 0 Å². The van der Waals surface area contributed by atoms with Gasteiger partial charge in [-0.05, 0) is 0 Å². The molecule has 0 aromatic carbocycles. The van der Waals surface area contributed by atoms with Crippen LogP contribution in [0.1, 0.15) is 0 Å². The van der Waals surface area contributed by atoms with Crippen molar-refractivity contribution in [3.05, 3.63) is 9.47 Å². The summed E-state index contributed by atoms with van der Waals surface area (Å²) in [5.74, 6) is -0.301. The Morgan fingerprint density at radius 3 is 2.38 bits per heavy atom. The van der Waals surface area contributed by atoms with Gasteiger partial charge in [0.1, 0.15) is 0 Å². The number of carbonyl (C=O) groups excluding carboxylic acids is 1. The van der Waals surface area contributed by atoms with Gasteiger partial charge in [-0.15, -0.1) is 0 Å².